The highest BCUT2D eigenvalue weighted by molar-refractivity contribution is 5.82. The molecule has 164 valence electrons. The molecule has 0 aliphatic carbocycles. The van der Waals surface area contributed by atoms with Crippen LogP contribution in [0.3, 0.4) is 0 Å². The second kappa shape index (κ2) is 8.55. The summed E-state index contributed by atoms with van der Waals surface area (Å²) in [6.07, 6.45) is -0.694. The first kappa shape index (κ1) is 21.1. The molecular formula is C21H20F2N8O. The summed E-state index contributed by atoms with van der Waals surface area (Å²) in [5, 5.41) is 8.41. The quantitative estimate of drug-likeness (QED) is 0.257. The van der Waals surface area contributed by atoms with Gasteiger partial charge in [0, 0.05) is 25.2 Å². The number of imidazole rings is 1. The zero-order valence-electron chi connectivity index (χ0n) is 17.1. The molecule has 0 unspecified atom stereocenters. The van der Waals surface area contributed by atoms with Crippen LogP contribution in [0.1, 0.15) is 17.9 Å². The number of aryl methyl sites for hydroxylation is 1. The van der Waals surface area contributed by atoms with Crippen molar-refractivity contribution < 1.29 is 13.2 Å². The Labute approximate surface area is 181 Å². The number of nitrogens with zero attached hydrogens (tertiary/aromatic N) is 6. The lowest BCUT2D eigenvalue weighted by atomic mass is 10.1. The van der Waals surface area contributed by atoms with E-state index < -0.39 is 12.3 Å². The van der Waals surface area contributed by atoms with E-state index in [1.54, 1.807) is 22.9 Å². The number of anilines is 2. The number of halogens is 2. The van der Waals surface area contributed by atoms with Gasteiger partial charge in [0.2, 0.25) is 11.8 Å². The highest BCUT2D eigenvalue weighted by atomic mass is 19.3. The van der Waals surface area contributed by atoms with Crippen LogP contribution < -0.4 is 16.6 Å². The van der Waals surface area contributed by atoms with E-state index in [0.29, 0.717) is 29.3 Å². The van der Waals surface area contributed by atoms with Gasteiger partial charge in [-0.3, -0.25) is 10.0 Å². The summed E-state index contributed by atoms with van der Waals surface area (Å²) in [6.45, 7) is 3.62. The molecular weight excluding hydrogens is 418 g/mol. The number of fused-ring (bicyclic) bond motifs is 1. The first-order valence-electron chi connectivity index (χ1n) is 9.50. The zero-order valence-corrected chi connectivity index (χ0v) is 17.1. The van der Waals surface area contributed by atoms with Gasteiger partial charge >= 0.3 is 6.43 Å². The fourth-order valence-electron chi connectivity index (χ4n) is 3.16. The number of benzene rings is 2. The van der Waals surface area contributed by atoms with Crippen LogP contribution in [0.25, 0.3) is 22.5 Å². The van der Waals surface area contributed by atoms with Gasteiger partial charge in [-0.2, -0.15) is 8.78 Å². The number of hydrazine groups is 1. The van der Waals surface area contributed by atoms with E-state index in [-0.39, 0.29) is 5.89 Å². The summed E-state index contributed by atoms with van der Waals surface area (Å²) in [7, 11) is 1.84. The Morgan fingerprint density at radius 1 is 1.25 bits per heavy atom. The third-order valence-corrected chi connectivity index (χ3v) is 4.90. The van der Waals surface area contributed by atoms with Gasteiger partial charge in [-0.1, -0.05) is 12.1 Å². The highest BCUT2D eigenvalue weighted by Gasteiger charge is 2.17. The van der Waals surface area contributed by atoms with E-state index in [1.807, 2.05) is 37.4 Å². The Hall–Kier alpha value is -4.12. The van der Waals surface area contributed by atoms with Crippen LogP contribution >= 0.6 is 0 Å². The predicted octanol–water partition coefficient (Wildman–Crippen LogP) is 3.61. The summed E-state index contributed by atoms with van der Waals surface area (Å²) < 4.78 is 32.0. The van der Waals surface area contributed by atoms with Crippen LogP contribution in [-0.2, 0) is 13.5 Å². The summed E-state index contributed by atoms with van der Waals surface area (Å²) in [4.78, 5) is 8.37. The number of aromatic nitrogens is 4. The third kappa shape index (κ3) is 4.18. The van der Waals surface area contributed by atoms with Gasteiger partial charge < -0.3 is 14.7 Å². The fourth-order valence-corrected chi connectivity index (χ4v) is 3.16. The van der Waals surface area contributed by atoms with E-state index in [4.69, 9.17) is 16.0 Å². The molecule has 0 bridgehead atoms. The van der Waals surface area contributed by atoms with Crippen molar-refractivity contribution in [2.45, 2.75) is 12.8 Å². The van der Waals surface area contributed by atoms with Crippen molar-refractivity contribution in [2.24, 2.45) is 17.9 Å². The Bertz CT molecular complexity index is 1290. The number of aliphatic imine (C=N–C) groups is 1. The minimum Gasteiger partial charge on any atom is -0.415 e. The number of allylic oxidation sites excluding steroid dienone is 1. The molecule has 11 heteroatoms. The van der Waals surface area contributed by atoms with E-state index in [0.717, 1.165) is 16.6 Å². The SMILES string of the molecule is C=N/C(=C\N(N)c1ccc2c(c1)nc(N)n2C)Cc1ccc(-c2nnc(C(F)F)o2)cc1. The second-order valence-electron chi connectivity index (χ2n) is 7.01. The molecule has 0 atom stereocenters. The lowest BCUT2D eigenvalue weighted by Gasteiger charge is -2.15. The van der Waals surface area contributed by atoms with Crippen molar-refractivity contribution in [3.05, 3.63) is 65.8 Å². The maximum Gasteiger partial charge on any atom is 0.314 e. The Balaban J connectivity index is 1.50. The topological polar surface area (TPSA) is 124 Å². The number of nitrogens with two attached hydrogens (primary N) is 2. The molecule has 4 N–H and O–H groups in total. The number of hydrogen-bond acceptors (Lipinski definition) is 8. The molecule has 2 heterocycles. The first-order valence-corrected chi connectivity index (χ1v) is 9.50. The normalized spacial score (nSPS) is 12.0. The van der Waals surface area contributed by atoms with Crippen molar-refractivity contribution in [2.75, 3.05) is 10.7 Å². The largest absolute Gasteiger partial charge is 0.415 e. The molecule has 0 aliphatic heterocycles. The molecule has 9 nitrogen and oxygen atoms in total. The molecule has 0 saturated carbocycles. The van der Waals surface area contributed by atoms with Gasteiger partial charge in [-0.05, 0) is 42.6 Å². The lowest BCUT2D eigenvalue weighted by molar-refractivity contribution is 0.116. The van der Waals surface area contributed by atoms with Crippen LogP contribution in [0.4, 0.5) is 20.4 Å². The molecule has 0 aliphatic rings. The fraction of sp³-hybridized carbons (Fsp3) is 0.143. The van der Waals surface area contributed by atoms with Crippen molar-refractivity contribution in [3.8, 4) is 11.5 Å². The average Bonchev–Trinajstić information content (AvgIpc) is 3.39. The number of hydrogen-bond donors (Lipinski definition) is 2. The third-order valence-electron chi connectivity index (χ3n) is 4.90. The molecule has 4 rings (SSSR count). The van der Waals surface area contributed by atoms with Gasteiger partial charge in [0.25, 0.3) is 5.89 Å². The molecule has 0 saturated heterocycles. The van der Waals surface area contributed by atoms with Crippen molar-refractivity contribution in [1.82, 2.24) is 19.7 Å². The molecule has 32 heavy (non-hydrogen) atoms. The second-order valence-corrected chi connectivity index (χ2v) is 7.01. The van der Waals surface area contributed by atoms with Gasteiger partial charge in [-0.25, -0.2) is 10.8 Å². The maximum atomic E-state index is 12.6. The molecule has 0 amide bonds. The smallest absolute Gasteiger partial charge is 0.314 e. The van der Waals surface area contributed by atoms with Gasteiger partial charge in [0.15, 0.2) is 0 Å². The van der Waals surface area contributed by atoms with Crippen LogP contribution in [0, 0.1) is 0 Å². The lowest BCUT2D eigenvalue weighted by Crippen LogP contribution is -2.24. The molecule has 2 aromatic heterocycles. The standard InChI is InChI=1S/C21H20F2N8O/c1-26-14(11-31(25)15-7-8-17-16(10-15)27-21(24)30(17)2)9-12-3-5-13(6-4-12)19-28-29-20(32-19)18(22)23/h3-8,10-11,18H,1,9,25H2,2H3,(H2,24,27)/b14-11-. The van der Waals surface area contributed by atoms with Gasteiger partial charge in [0.05, 0.1) is 22.4 Å². The molecule has 0 radical (unpaired) electrons. The monoisotopic (exact) mass is 438 g/mol. The predicted molar refractivity (Wildman–Crippen MR) is 118 cm³/mol. The van der Waals surface area contributed by atoms with Crippen LogP contribution in [0.5, 0.6) is 0 Å². The van der Waals surface area contributed by atoms with Crippen LogP contribution in [0.15, 0.2) is 63.8 Å². The minimum absolute atomic E-state index is 0.0307. The van der Waals surface area contributed by atoms with E-state index in [2.05, 4.69) is 26.9 Å². The summed E-state index contributed by atoms with van der Waals surface area (Å²) in [6, 6.07) is 12.6. The summed E-state index contributed by atoms with van der Waals surface area (Å²) in [5.74, 6) is 5.94. The van der Waals surface area contributed by atoms with Gasteiger partial charge in [0.1, 0.15) is 0 Å². The van der Waals surface area contributed by atoms with Crippen molar-refractivity contribution in [3.63, 3.8) is 0 Å². The summed E-state index contributed by atoms with van der Waals surface area (Å²) >= 11 is 0. The zero-order chi connectivity index (χ0) is 22.8. The number of nitrogen functional groups attached to an aromatic ring is 1. The van der Waals surface area contributed by atoms with E-state index in [9.17, 15) is 8.78 Å². The molecule has 2 aromatic carbocycles. The average molecular weight is 438 g/mol. The molecule has 0 fully saturated rings. The minimum atomic E-state index is -2.81. The molecule has 0 spiro atoms. The molecule has 4 aromatic rings. The maximum absolute atomic E-state index is 12.6. The van der Waals surface area contributed by atoms with Gasteiger partial charge in [-0.15, -0.1) is 10.2 Å². The van der Waals surface area contributed by atoms with Crippen molar-refractivity contribution in [1.29, 1.82) is 0 Å². The number of rotatable bonds is 7. The van der Waals surface area contributed by atoms with E-state index >= 15 is 0 Å². The summed E-state index contributed by atoms with van der Waals surface area (Å²) in [5.41, 5.74) is 10.2. The Morgan fingerprint density at radius 3 is 2.66 bits per heavy atom. The van der Waals surface area contributed by atoms with Crippen molar-refractivity contribution >= 4 is 29.4 Å². The number of alkyl halides is 2. The Kier molecular flexibility index (Phi) is 5.65. The first-order chi connectivity index (χ1) is 15.4. The van der Waals surface area contributed by atoms with Crippen LogP contribution in [0.2, 0.25) is 0 Å². The van der Waals surface area contributed by atoms with E-state index in [1.165, 1.54) is 5.01 Å². The van der Waals surface area contributed by atoms with Crippen LogP contribution in [-0.4, -0.2) is 26.5 Å². The Morgan fingerprint density at radius 2 is 2.00 bits per heavy atom. The highest BCUT2D eigenvalue weighted by Crippen LogP contribution is 2.25.